The number of carbonyl (C=O) groups is 2. The maximum Gasteiger partial charge on any atom is 0.329 e. The lowest BCUT2D eigenvalue weighted by molar-refractivity contribution is -0.915. The fourth-order valence-corrected chi connectivity index (χ4v) is 3.85. The lowest BCUT2D eigenvalue weighted by Crippen LogP contribution is -3.15. The number of imide groups is 1. The summed E-state index contributed by atoms with van der Waals surface area (Å²) in [6, 6.07) is 19.0. The number of morpholine rings is 1. The Morgan fingerprint density at radius 1 is 0.963 bits per heavy atom. The summed E-state index contributed by atoms with van der Waals surface area (Å²) < 4.78 is 5.38. The van der Waals surface area contributed by atoms with Crippen LogP contribution >= 0.6 is 0 Å². The van der Waals surface area contributed by atoms with Gasteiger partial charge in [-0.15, -0.1) is 0 Å². The number of nitrogens with zero attached hydrogens (tertiary/aromatic N) is 1. The van der Waals surface area contributed by atoms with Crippen LogP contribution in [0.3, 0.4) is 0 Å². The molecule has 140 valence electrons. The molecule has 6 heteroatoms. The number of benzene rings is 2. The van der Waals surface area contributed by atoms with Gasteiger partial charge in [0.2, 0.25) is 0 Å². The highest BCUT2D eigenvalue weighted by Gasteiger charge is 2.53. The van der Waals surface area contributed by atoms with Gasteiger partial charge >= 0.3 is 6.03 Å². The quantitative estimate of drug-likeness (QED) is 0.760. The molecule has 2 saturated heterocycles. The molecule has 2 N–H and O–H groups in total. The molecular formula is C21H24N3O3+. The van der Waals surface area contributed by atoms with Gasteiger partial charge in [0.25, 0.3) is 5.91 Å². The summed E-state index contributed by atoms with van der Waals surface area (Å²) in [5.41, 5.74) is 0.757. The standard InChI is InChI=1S/C21H23N3O3/c25-19-21(18-9-5-2-6-10-18,15-17-7-3-1-4-8-17)22-20(26)24(19)16-23-11-13-27-14-12-23/h1-10H,11-16H2,(H,22,26)/p+1/t21-/m1/s1. The third-order valence-corrected chi connectivity index (χ3v) is 5.34. The van der Waals surface area contributed by atoms with E-state index in [-0.39, 0.29) is 11.9 Å². The summed E-state index contributed by atoms with van der Waals surface area (Å²) in [4.78, 5) is 28.9. The molecule has 4 rings (SSSR count). The van der Waals surface area contributed by atoms with E-state index >= 15 is 0 Å². The Kier molecular flexibility index (Phi) is 4.92. The van der Waals surface area contributed by atoms with E-state index in [0.717, 1.165) is 24.2 Å². The maximum absolute atomic E-state index is 13.5. The first kappa shape index (κ1) is 17.7. The Morgan fingerprint density at radius 3 is 2.26 bits per heavy atom. The number of ether oxygens (including phenoxy) is 1. The van der Waals surface area contributed by atoms with Crippen LogP contribution in [0.25, 0.3) is 0 Å². The zero-order chi connectivity index (χ0) is 18.7. The molecule has 0 radical (unpaired) electrons. The van der Waals surface area contributed by atoms with Gasteiger partial charge in [-0.05, 0) is 11.1 Å². The van der Waals surface area contributed by atoms with Crippen molar-refractivity contribution in [3.05, 3.63) is 71.8 Å². The summed E-state index contributed by atoms with van der Waals surface area (Å²) in [5, 5.41) is 3.01. The van der Waals surface area contributed by atoms with Gasteiger partial charge in [0.05, 0.1) is 13.2 Å². The van der Waals surface area contributed by atoms with Gasteiger partial charge in [0.15, 0.2) is 12.2 Å². The van der Waals surface area contributed by atoms with E-state index in [4.69, 9.17) is 4.74 Å². The molecule has 0 aromatic heterocycles. The summed E-state index contributed by atoms with van der Waals surface area (Å²) in [5.74, 6) is -0.179. The number of nitrogens with one attached hydrogen (secondary N) is 2. The highest BCUT2D eigenvalue weighted by molar-refractivity contribution is 6.07. The van der Waals surface area contributed by atoms with E-state index in [1.807, 2.05) is 60.7 Å². The van der Waals surface area contributed by atoms with Crippen molar-refractivity contribution in [1.82, 2.24) is 10.2 Å². The Bertz CT molecular complexity index is 806. The van der Waals surface area contributed by atoms with Crippen molar-refractivity contribution in [1.29, 1.82) is 0 Å². The third-order valence-electron chi connectivity index (χ3n) is 5.34. The second-order valence-electron chi connectivity index (χ2n) is 7.12. The second-order valence-corrected chi connectivity index (χ2v) is 7.12. The monoisotopic (exact) mass is 366 g/mol. The van der Waals surface area contributed by atoms with Crippen LogP contribution in [-0.4, -0.2) is 49.8 Å². The van der Waals surface area contributed by atoms with Gasteiger partial charge < -0.3 is 15.0 Å². The zero-order valence-corrected chi connectivity index (χ0v) is 15.2. The number of rotatable bonds is 5. The summed E-state index contributed by atoms with van der Waals surface area (Å²) in [7, 11) is 0. The molecule has 27 heavy (non-hydrogen) atoms. The highest BCUT2D eigenvalue weighted by atomic mass is 16.5. The van der Waals surface area contributed by atoms with Gasteiger partial charge in [-0.1, -0.05) is 60.7 Å². The minimum Gasteiger partial charge on any atom is -0.370 e. The minimum atomic E-state index is -1.06. The molecule has 2 aromatic carbocycles. The SMILES string of the molecule is O=C1N[C@](Cc2ccccc2)(c2ccccc2)C(=O)N1C[NH+]1CCOCC1. The van der Waals surface area contributed by atoms with Crippen molar-refractivity contribution in [3.63, 3.8) is 0 Å². The Morgan fingerprint density at radius 2 is 1.59 bits per heavy atom. The van der Waals surface area contributed by atoms with Crippen molar-refractivity contribution in [2.24, 2.45) is 0 Å². The maximum atomic E-state index is 13.5. The molecule has 2 aliphatic rings. The lowest BCUT2D eigenvalue weighted by Gasteiger charge is -2.29. The van der Waals surface area contributed by atoms with Gasteiger partial charge in [0.1, 0.15) is 13.1 Å². The molecule has 0 spiro atoms. The average molecular weight is 366 g/mol. The lowest BCUT2D eigenvalue weighted by atomic mass is 9.83. The number of carbonyl (C=O) groups excluding carboxylic acids is 2. The molecule has 6 nitrogen and oxygen atoms in total. The normalized spacial score (nSPS) is 23.5. The predicted octanol–water partition coefficient (Wildman–Crippen LogP) is 0.549. The van der Waals surface area contributed by atoms with Crippen LogP contribution in [0.5, 0.6) is 0 Å². The molecule has 2 heterocycles. The number of quaternary nitrogens is 1. The summed E-state index contributed by atoms with van der Waals surface area (Å²) in [6.07, 6.45) is 0.428. The van der Waals surface area contributed by atoms with Crippen molar-refractivity contribution >= 4 is 11.9 Å². The van der Waals surface area contributed by atoms with Gasteiger partial charge in [-0.2, -0.15) is 0 Å². The van der Waals surface area contributed by atoms with Crippen molar-refractivity contribution < 1.29 is 19.2 Å². The molecule has 2 fully saturated rings. The molecule has 2 aliphatic heterocycles. The van der Waals surface area contributed by atoms with Crippen LogP contribution in [0, 0.1) is 0 Å². The minimum absolute atomic E-state index is 0.179. The van der Waals surface area contributed by atoms with Crippen LogP contribution < -0.4 is 10.2 Å². The predicted molar refractivity (Wildman–Crippen MR) is 100 cm³/mol. The Labute approximate surface area is 158 Å². The van der Waals surface area contributed by atoms with Crippen molar-refractivity contribution in [2.75, 3.05) is 33.0 Å². The van der Waals surface area contributed by atoms with E-state index in [1.54, 1.807) is 0 Å². The molecule has 0 unspecified atom stereocenters. The molecule has 2 aromatic rings. The van der Waals surface area contributed by atoms with E-state index in [0.29, 0.717) is 26.3 Å². The third kappa shape index (κ3) is 3.46. The molecule has 0 saturated carbocycles. The Balaban J connectivity index is 1.66. The van der Waals surface area contributed by atoms with Gasteiger partial charge in [0, 0.05) is 6.42 Å². The number of hydrogen-bond acceptors (Lipinski definition) is 3. The highest BCUT2D eigenvalue weighted by Crippen LogP contribution is 2.32. The van der Waals surface area contributed by atoms with E-state index in [2.05, 4.69) is 5.32 Å². The van der Waals surface area contributed by atoms with Crippen LogP contribution in [0.1, 0.15) is 11.1 Å². The average Bonchev–Trinajstić information content (AvgIpc) is 2.95. The van der Waals surface area contributed by atoms with Crippen LogP contribution in [0.15, 0.2) is 60.7 Å². The van der Waals surface area contributed by atoms with E-state index < -0.39 is 5.54 Å². The first-order chi connectivity index (χ1) is 13.2. The smallest absolute Gasteiger partial charge is 0.329 e. The van der Waals surface area contributed by atoms with Crippen molar-refractivity contribution in [2.45, 2.75) is 12.0 Å². The van der Waals surface area contributed by atoms with Crippen LogP contribution in [0.4, 0.5) is 4.79 Å². The van der Waals surface area contributed by atoms with Crippen molar-refractivity contribution in [3.8, 4) is 0 Å². The fraction of sp³-hybridized carbons (Fsp3) is 0.333. The largest absolute Gasteiger partial charge is 0.370 e. The second kappa shape index (κ2) is 7.50. The number of amides is 3. The topological polar surface area (TPSA) is 63.1 Å². The van der Waals surface area contributed by atoms with Crippen LogP contribution in [-0.2, 0) is 21.5 Å². The van der Waals surface area contributed by atoms with E-state index in [9.17, 15) is 9.59 Å². The van der Waals surface area contributed by atoms with Crippen LogP contribution in [0.2, 0.25) is 0 Å². The molecule has 3 amide bonds. The molecular weight excluding hydrogens is 342 g/mol. The van der Waals surface area contributed by atoms with Gasteiger partial charge in [-0.3, -0.25) is 4.79 Å². The van der Waals surface area contributed by atoms with E-state index in [1.165, 1.54) is 9.80 Å². The van der Waals surface area contributed by atoms with Gasteiger partial charge in [-0.25, -0.2) is 9.69 Å². The first-order valence-electron chi connectivity index (χ1n) is 9.34. The molecule has 1 atom stereocenters. The fourth-order valence-electron chi connectivity index (χ4n) is 3.85. The molecule has 0 bridgehead atoms. The molecule has 0 aliphatic carbocycles. The Hall–Kier alpha value is -2.70. The first-order valence-corrected chi connectivity index (χ1v) is 9.34. The summed E-state index contributed by atoms with van der Waals surface area (Å²) in [6.45, 7) is 3.29. The number of urea groups is 1. The summed E-state index contributed by atoms with van der Waals surface area (Å²) >= 11 is 0. The number of hydrogen-bond donors (Lipinski definition) is 2. The zero-order valence-electron chi connectivity index (χ0n) is 15.2.